The molecule has 22 heavy (non-hydrogen) atoms. The van der Waals surface area contributed by atoms with Gasteiger partial charge in [-0.1, -0.05) is 36.4 Å². The van der Waals surface area contributed by atoms with Crippen molar-refractivity contribution in [1.29, 1.82) is 0 Å². The number of rotatable bonds is 6. The van der Waals surface area contributed by atoms with Crippen molar-refractivity contribution in [2.24, 2.45) is 10.2 Å². The predicted molar refractivity (Wildman–Crippen MR) is 93.2 cm³/mol. The number of aryl methyl sites for hydroxylation is 2. The molecule has 2 rings (SSSR count). The van der Waals surface area contributed by atoms with Gasteiger partial charge in [0.15, 0.2) is 0 Å². The van der Waals surface area contributed by atoms with E-state index < -0.39 is 0 Å². The van der Waals surface area contributed by atoms with Crippen molar-refractivity contribution in [2.45, 2.75) is 13.8 Å². The molecule has 0 radical (unpaired) electrons. The van der Waals surface area contributed by atoms with Gasteiger partial charge >= 0.3 is 0 Å². The third-order valence-electron chi connectivity index (χ3n) is 3.14. The van der Waals surface area contributed by atoms with E-state index in [0.29, 0.717) is 6.61 Å². The number of nitrogens with zero attached hydrogens (tertiary/aromatic N) is 2. The zero-order valence-electron chi connectivity index (χ0n) is 13.0. The zero-order chi connectivity index (χ0) is 15.8. The van der Waals surface area contributed by atoms with Crippen molar-refractivity contribution in [2.75, 3.05) is 6.61 Å². The molecule has 0 amide bonds. The summed E-state index contributed by atoms with van der Waals surface area (Å²) in [6.45, 7) is 8.27. The second-order valence-corrected chi connectivity index (χ2v) is 5.02. The van der Waals surface area contributed by atoms with Gasteiger partial charge in [-0.3, -0.25) is 0 Å². The summed E-state index contributed by atoms with van der Waals surface area (Å²) in [4.78, 5) is 0. The second-order valence-electron chi connectivity index (χ2n) is 5.02. The first kappa shape index (κ1) is 15.7. The van der Waals surface area contributed by atoms with Gasteiger partial charge in [0.1, 0.15) is 12.4 Å². The van der Waals surface area contributed by atoms with Crippen LogP contribution in [0.4, 0.5) is 0 Å². The molecule has 0 aliphatic rings. The normalized spacial score (nSPS) is 11.2. The first-order chi connectivity index (χ1) is 10.7. The number of benzene rings is 2. The van der Waals surface area contributed by atoms with Gasteiger partial charge < -0.3 is 4.74 Å². The highest BCUT2D eigenvalue weighted by molar-refractivity contribution is 5.83. The molecule has 0 aromatic heterocycles. The van der Waals surface area contributed by atoms with Crippen molar-refractivity contribution in [1.82, 2.24) is 0 Å². The summed E-state index contributed by atoms with van der Waals surface area (Å²) in [6, 6.07) is 13.9. The lowest BCUT2D eigenvalue weighted by Gasteiger charge is -2.02. The maximum Gasteiger partial charge on any atom is 0.119 e. The molecule has 0 N–H and O–H groups in total. The summed E-state index contributed by atoms with van der Waals surface area (Å²) in [7, 11) is 0. The SMILES string of the molecule is C=CCOc1ccc(/C=N/N=C/c2ccc(C)cc2C)cc1. The van der Waals surface area contributed by atoms with Crippen LogP contribution in [0.25, 0.3) is 0 Å². The lowest BCUT2D eigenvalue weighted by molar-refractivity contribution is 0.363. The van der Waals surface area contributed by atoms with Crippen LogP contribution in [-0.4, -0.2) is 19.0 Å². The van der Waals surface area contributed by atoms with Crippen molar-refractivity contribution >= 4 is 12.4 Å². The third-order valence-corrected chi connectivity index (χ3v) is 3.14. The Bertz CT molecular complexity index is 685. The van der Waals surface area contributed by atoms with E-state index in [0.717, 1.165) is 16.9 Å². The van der Waals surface area contributed by atoms with E-state index in [4.69, 9.17) is 4.74 Å². The van der Waals surface area contributed by atoms with E-state index in [-0.39, 0.29) is 0 Å². The van der Waals surface area contributed by atoms with Crippen LogP contribution in [0.2, 0.25) is 0 Å². The topological polar surface area (TPSA) is 34.0 Å². The smallest absolute Gasteiger partial charge is 0.119 e. The van der Waals surface area contributed by atoms with E-state index in [1.165, 1.54) is 11.1 Å². The molecule has 2 aromatic carbocycles. The van der Waals surface area contributed by atoms with Gasteiger partial charge in [-0.2, -0.15) is 10.2 Å². The van der Waals surface area contributed by atoms with Crippen molar-refractivity contribution in [3.8, 4) is 5.75 Å². The van der Waals surface area contributed by atoms with Gasteiger partial charge in [0.2, 0.25) is 0 Å². The summed E-state index contributed by atoms with van der Waals surface area (Å²) in [5.41, 5.74) is 4.50. The second kappa shape index (κ2) is 7.93. The summed E-state index contributed by atoms with van der Waals surface area (Å²) in [5, 5.41) is 8.18. The van der Waals surface area contributed by atoms with Crippen molar-refractivity contribution in [3.05, 3.63) is 77.4 Å². The van der Waals surface area contributed by atoms with Gasteiger partial charge in [-0.15, -0.1) is 0 Å². The summed E-state index contributed by atoms with van der Waals surface area (Å²) in [5.74, 6) is 0.816. The van der Waals surface area contributed by atoms with E-state index in [1.54, 1.807) is 18.5 Å². The Balaban J connectivity index is 1.96. The Morgan fingerprint density at radius 1 is 1.00 bits per heavy atom. The van der Waals surface area contributed by atoms with E-state index in [9.17, 15) is 0 Å². The molecule has 0 bridgehead atoms. The Hall–Kier alpha value is -2.68. The minimum Gasteiger partial charge on any atom is -0.490 e. The Labute approximate surface area is 131 Å². The molecule has 0 unspecified atom stereocenters. The third kappa shape index (κ3) is 4.70. The summed E-state index contributed by atoms with van der Waals surface area (Å²) < 4.78 is 5.42. The molecule has 2 aromatic rings. The minimum atomic E-state index is 0.508. The number of hydrogen-bond acceptors (Lipinski definition) is 3. The molecule has 0 aliphatic carbocycles. The average molecular weight is 292 g/mol. The fourth-order valence-electron chi connectivity index (χ4n) is 1.97. The van der Waals surface area contributed by atoms with Crippen LogP contribution in [0.15, 0.2) is 65.3 Å². The Kier molecular flexibility index (Phi) is 5.66. The van der Waals surface area contributed by atoms with Gasteiger partial charge in [0, 0.05) is 0 Å². The van der Waals surface area contributed by atoms with E-state index >= 15 is 0 Å². The molecule has 0 saturated heterocycles. The lowest BCUT2D eigenvalue weighted by atomic mass is 10.1. The molecule has 0 fully saturated rings. The first-order valence-electron chi connectivity index (χ1n) is 7.16. The monoisotopic (exact) mass is 292 g/mol. The van der Waals surface area contributed by atoms with Crippen LogP contribution in [0.3, 0.4) is 0 Å². The fourth-order valence-corrected chi connectivity index (χ4v) is 1.97. The molecule has 0 spiro atoms. The molecule has 3 nitrogen and oxygen atoms in total. The maximum absolute atomic E-state index is 5.42. The van der Waals surface area contributed by atoms with Crippen LogP contribution in [0.1, 0.15) is 22.3 Å². The van der Waals surface area contributed by atoms with Crippen molar-refractivity contribution in [3.63, 3.8) is 0 Å². The van der Waals surface area contributed by atoms with Gasteiger partial charge in [-0.05, 0) is 54.8 Å². The fraction of sp³-hybridized carbons (Fsp3) is 0.158. The van der Waals surface area contributed by atoms with E-state index in [2.05, 4.69) is 48.8 Å². The molecule has 0 heterocycles. The molecular weight excluding hydrogens is 272 g/mol. The van der Waals surface area contributed by atoms with Crippen molar-refractivity contribution < 1.29 is 4.74 Å². The molecule has 112 valence electrons. The molecule has 0 aliphatic heterocycles. The minimum absolute atomic E-state index is 0.508. The van der Waals surface area contributed by atoms with Crippen LogP contribution < -0.4 is 4.74 Å². The highest BCUT2D eigenvalue weighted by atomic mass is 16.5. The largest absolute Gasteiger partial charge is 0.490 e. The zero-order valence-corrected chi connectivity index (χ0v) is 13.0. The van der Waals surface area contributed by atoms with Crippen LogP contribution >= 0.6 is 0 Å². The molecular formula is C19H20N2O. The lowest BCUT2D eigenvalue weighted by Crippen LogP contribution is -1.92. The summed E-state index contributed by atoms with van der Waals surface area (Å²) >= 11 is 0. The van der Waals surface area contributed by atoms with Crippen LogP contribution in [0, 0.1) is 13.8 Å². The van der Waals surface area contributed by atoms with E-state index in [1.807, 2.05) is 24.3 Å². The first-order valence-corrected chi connectivity index (χ1v) is 7.16. The quantitative estimate of drug-likeness (QED) is 0.443. The predicted octanol–water partition coefficient (Wildman–Crippen LogP) is 4.32. The Morgan fingerprint density at radius 2 is 1.73 bits per heavy atom. The van der Waals surface area contributed by atoms with Gasteiger partial charge in [-0.25, -0.2) is 0 Å². The molecule has 3 heteroatoms. The number of hydrogen-bond donors (Lipinski definition) is 0. The van der Waals surface area contributed by atoms with Crippen LogP contribution in [-0.2, 0) is 0 Å². The summed E-state index contributed by atoms with van der Waals surface area (Å²) in [6.07, 6.45) is 5.21. The standard InChI is InChI=1S/C19H20N2O/c1-4-11-22-19-9-6-17(7-10-19)13-20-21-14-18-8-5-15(2)12-16(18)3/h4-10,12-14H,1,11H2,2-3H3/b20-13+,21-14+. The Morgan fingerprint density at radius 3 is 2.41 bits per heavy atom. The highest BCUT2D eigenvalue weighted by Crippen LogP contribution is 2.11. The average Bonchev–Trinajstić information content (AvgIpc) is 2.52. The maximum atomic E-state index is 5.42. The highest BCUT2D eigenvalue weighted by Gasteiger charge is 1.94. The van der Waals surface area contributed by atoms with Gasteiger partial charge in [0.05, 0.1) is 12.4 Å². The molecule has 0 saturated carbocycles. The number of ether oxygens (including phenoxy) is 1. The molecule has 0 atom stereocenters. The van der Waals surface area contributed by atoms with Gasteiger partial charge in [0.25, 0.3) is 0 Å². The van der Waals surface area contributed by atoms with Crippen LogP contribution in [0.5, 0.6) is 5.75 Å².